The van der Waals surface area contributed by atoms with E-state index >= 15 is 0 Å². The number of carbonyl (C=O) groups is 1. The molecule has 1 aromatic rings. The highest BCUT2D eigenvalue weighted by Crippen LogP contribution is 2.22. The fourth-order valence-corrected chi connectivity index (χ4v) is 3.34. The number of hydrogen-bond donors (Lipinski definition) is 2. The van der Waals surface area contributed by atoms with Crippen LogP contribution in [0.5, 0.6) is 0 Å². The Morgan fingerprint density at radius 3 is 3.05 bits per heavy atom. The third-order valence-corrected chi connectivity index (χ3v) is 4.54. The highest BCUT2D eigenvalue weighted by Gasteiger charge is 2.20. The van der Waals surface area contributed by atoms with E-state index in [2.05, 4.69) is 5.32 Å². The maximum absolute atomic E-state index is 11.9. The molecule has 1 saturated heterocycles. The number of nitrogen functional groups attached to an aromatic ring is 1. The van der Waals surface area contributed by atoms with Crippen LogP contribution in [0.4, 0.5) is 11.4 Å². The van der Waals surface area contributed by atoms with Crippen LogP contribution in [-0.2, 0) is 20.3 Å². The summed E-state index contributed by atoms with van der Waals surface area (Å²) in [4.78, 5) is 11.8. The molecule has 2 atom stereocenters. The van der Waals surface area contributed by atoms with Crippen molar-refractivity contribution in [3.63, 3.8) is 0 Å². The van der Waals surface area contributed by atoms with Gasteiger partial charge in [0.2, 0.25) is 5.91 Å². The number of carbonyl (C=O) groups excluding carboxylic acids is 1. The lowest BCUT2D eigenvalue weighted by molar-refractivity contribution is -0.113. The minimum Gasteiger partial charge on any atom is -0.397 e. The van der Waals surface area contributed by atoms with Crippen molar-refractivity contribution in [1.82, 2.24) is 0 Å². The van der Waals surface area contributed by atoms with Crippen molar-refractivity contribution in [3.8, 4) is 0 Å². The third kappa shape index (κ3) is 4.47. The van der Waals surface area contributed by atoms with E-state index in [0.29, 0.717) is 28.8 Å². The Balaban J connectivity index is 1.85. The second-order valence-electron chi connectivity index (χ2n) is 4.67. The van der Waals surface area contributed by atoms with E-state index in [-0.39, 0.29) is 17.8 Å². The highest BCUT2D eigenvalue weighted by atomic mass is 35.5. The van der Waals surface area contributed by atoms with E-state index in [0.717, 1.165) is 12.8 Å². The van der Waals surface area contributed by atoms with Crippen molar-refractivity contribution in [1.29, 1.82) is 0 Å². The molecule has 5 nitrogen and oxygen atoms in total. The zero-order valence-electron chi connectivity index (χ0n) is 10.9. The second kappa shape index (κ2) is 7.06. The highest BCUT2D eigenvalue weighted by molar-refractivity contribution is 7.85. The summed E-state index contributed by atoms with van der Waals surface area (Å²) in [5.41, 5.74) is 6.60. The van der Waals surface area contributed by atoms with Crippen LogP contribution in [0, 0.1) is 0 Å². The van der Waals surface area contributed by atoms with Crippen molar-refractivity contribution < 1.29 is 13.7 Å². The van der Waals surface area contributed by atoms with Gasteiger partial charge in [0, 0.05) is 22.4 Å². The first-order valence-electron chi connectivity index (χ1n) is 6.36. The van der Waals surface area contributed by atoms with Crippen molar-refractivity contribution >= 4 is 39.7 Å². The Morgan fingerprint density at radius 2 is 2.35 bits per heavy atom. The first-order valence-corrected chi connectivity index (χ1v) is 8.22. The first-order chi connectivity index (χ1) is 9.54. The summed E-state index contributed by atoms with van der Waals surface area (Å²) in [5, 5.41) is 3.11. The molecule has 110 valence electrons. The number of amides is 1. The Bertz CT molecular complexity index is 518. The van der Waals surface area contributed by atoms with Gasteiger partial charge in [-0.1, -0.05) is 11.6 Å². The third-order valence-electron chi connectivity index (χ3n) is 2.98. The van der Waals surface area contributed by atoms with Crippen LogP contribution in [0.2, 0.25) is 5.02 Å². The smallest absolute Gasteiger partial charge is 0.237 e. The first kappa shape index (κ1) is 15.3. The summed E-state index contributed by atoms with van der Waals surface area (Å²) in [6.07, 6.45) is 1.92. The number of ether oxygens (including phenoxy) is 1. The maximum atomic E-state index is 11.9. The lowest BCUT2D eigenvalue weighted by Crippen LogP contribution is -2.25. The van der Waals surface area contributed by atoms with Gasteiger partial charge < -0.3 is 15.8 Å². The molecule has 1 heterocycles. The van der Waals surface area contributed by atoms with Crippen LogP contribution < -0.4 is 11.1 Å². The van der Waals surface area contributed by atoms with Gasteiger partial charge in [-0.15, -0.1) is 0 Å². The van der Waals surface area contributed by atoms with E-state index < -0.39 is 10.8 Å². The van der Waals surface area contributed by atoms with Gasteiger partial charge in [-0.2, -0.15) is 0 Å². The molecular weight excluding hydrogens is 300 g/mol. The van der Waals surface area contributed by atoms with Gasteiger partial charge in [0.1, 0.15) is 5.75 Å². The molecule has 7 heteroatoms. The van der Waals surface area contributed by atoms with Crippen molar-refractivity contribution in [2.75, 3.05) is 29.2 Å². The molecule has 0 radical (unpaired) electrons. The second-order valence-corrected chi connectivity index (χ2v) is 6.60. The average molecular weight is 317 g/mol. The fourth-order valence-electron chi connectivity index (χ4n) is 2.01. The van der Waals surface area contributed by atoms with Crippen LogP contribution >= 0.6 is 11.6 Å². The minimum absolute atomic E-state index is 0.0138. The number of hydrogen-bond acceptors (Lipinski definition) is 4. The predicted octanol–water partition coefficient (Wildman–Crippen LogP) is 1.79. The quantitative estimate of drug-likeness (QED) is 0.811. The van der Waals surface area contributed by atoms with E-state index in [1.54, 1.807) is 18.2 Å². The maximum Gasteiger partial charge on any atom is 0.237 e. The molecular formula is C13H17ClN2O3S. The van der Waals surface area contributed by atoms with Crippen LogP contribution in [0.3, 0.4) is 0 Å². The largest absolute Gasteiger partial charge is 0.397 e. The number of nitrogens with one attached hydrogen (secondary N) is 1. The van der Waals surface area contributed by atoms with Gasteiger partial charge in [0.15, 0.2) is 0 Å². The lowest BCUT2D eigenvalue weighted by Gasteiger charge is -2.10. The Kier molecular flexibility index (Phi) is 5.39. The molecule has 2 unspecified atom stereocenters. The number of benzene rings is 1. The molecule has 0 spiro atoms. The zero-order valence-corrected chi connectivity index (χ0v) is 12.5. The van der Waals surface area contributed by atoms with Gasteiger partial charge in [0.05, 0.1) is 23.2 Å². The van der Waals surface area contributed by atoms with Crippen molar-refractivity contribution in [3.05, 3.63) is 23.2 Å². The number of nitrogens with two attached hydrogens (primary N) is 1. The summed E-state index contributed by atoms with van der Waals surface area (Å²) in [7, 11) is -1.24. The molecule has 20 heavy (non-hydrogen) atoms. The van der Waals surface area contributed by atoms with Gasteiger partial charge >= 0.3 is 0 Å². The van der Waals surface area contributed by atoms with Gasteiger partial charge in [-0.3, -0.25) is 9.00 Å². The van der Waals surface area contributed by atoms with Gasteiger partial charge in [-0.05, 0) is 31.0 Å². The monoisotopic (exact) mass is 316 g/mol. The van der Waals surface area contributed by atoms with E-state index in [9.17, 15) is 9.00 Å². The van der Waals surface area contributed by atoms with Crippen LogP contribution in [0.25, 0.3) is 0 Å². The number of halogens is 1. The Hall–Kier alpha value is -1.11. The van der Waals surface area contributed by atoms with Gasteiger partial charge in [-0.25, -0.2) is 0 Å². The molecule has 1 aliphatic heterocycles. The van der Waals surface area contributed by atoms with E-state index in [1.807, 2.05) is 0 Å². The standard InChI is InChI=1S/C13H17ClN2O3S/c14-9-3-4-11(15)12(6-9)16-13(17)8-20(18)7-10-2-1-5-19-10/h3-4,6,10H,1-2,5,7-8,15H2,(H,16,17). The summed E-state index contributed by atoms with van der Waals surface area (Å²) < 4.78 is 17.3. The molecule has 0 aliphatic carbocycles. The number of rotatable bonds is 5. The number of anilines is 2. The van der Waals surface area contributed by atoms with E-state index in [1.165, 1.54) is 0 Å². The van der Waals surface area contributed by atoms with Crippen LogP contribution in [0.15, 0.2) is 18.2 Å². The summed E-state index contributed by atoms with van der Waals surface area (Å²) >= 11 is 5.84. The molecule has 1 aromatic carbocycles. The lowest BCUT2D eigenvalue weighted by atomic mass is 10.2. The summed E-state index contributed by atoms with van der Waals surface area (Å²) in [6.45, 7) is 0.715. The summed E-state index contributed by atoms with van der Waals surface area (Å²) in [6, 6.07) is 4.82. The SMILES string of the molecule is Nc1ccc(Cl)cc1NC(=O)CS(=O)CC1CCCO1. The minimum atomic E-state index is -1.24. The molecule has 0 saturated carbocycles. The molecule has 3 N–H and O–H groups in total. The predicted molar refractivity (Wildman–Crippen MR) is 81.3 cm³/mol. The zero-order chi connectivity index (χ0) is 14.5. The molecule has 1 amide bonds. The molecule has 0 bridgehead atoms. The molecule has 0 aromatic heterocycles. The topological polar surface area (TPSA) is 81.4 Å². The van der Waals surface area contributed by atoms with Crippen molar-refractivity contribution in [2.45, 2.75) is 18.9 Å². The van der Waals surface area contributed by atoms with Crippen LogP contribution in [0.1, 0.15) is 12.8 Å². The Labute approximate surface area is 125 Å². The molecule has 1 aliphatic rings. The van der Waals surface area contributed by atoms with Gasteiger partial charge in [0.25, 0.3) is 0 Å². The fraction of sp³-hybridized carbons (Fsp3) is 0.462. The normalized spacial score (nSPS) is 19.8. The van der Waals surface area contributed by atoms with Crippen LogP contribution in [-0.4, -0.2) is 34.3 Å². The average Bonchev–Trinajstić information content (AvgIpc) is 2.86. The van der Waals surface area contributed by atoms with Crippen molar-refractivity contribution in [2.24, 2.45) is 0 Å². The summed E-state index contributed by atoms with van der Waals surface area (Å²) in [5.74, 6) is -0.000127. The molecule has 1 fully saturated rings. The van der Waals surface area contributed by atoms with E-state index in [4.69, 9.17) is 22.1 Å². The molecule has 2 rings (SSSR count). The Morgan fingerprint density at radius 1 is 1.55 bits per heavy atom.